The van der Waals surface area contributed by atoms with Crippen molar-refractivity contribution in [2.24, 2.45) is 0 Å². The molecular formula is C27H27N3O3S. The number of para-hydroxylation sites is 3. The Morgan fingerprint density at radius 2 is 1.74 bits per heavy atom. The van der Waals surface area contributed by atoms with Crippen LogP contribution in [0.5, 0.6) is 11.5 Å². The average Bonchev–Trinajstić information content (AvgIpc) is 2.85. The summed E-state index contributed by atoms with van der Waals surface area (Å²) in [5.74, 6) is 1.47. The SMILES string of the molecule is COc1ccc(CN(Cc2cc3cccc(C)c3[nH]c2=O)C(=S)Nc2ccccc2OC)cc1. The number of aromatic amines is 1. The molecule has 0 aliphatic carbocycles. The number of pyridine rings is 1. The summed E-state index contributed by atoms with van der Waals surface area (Å²) in [7, 11) is 3.26. The zero-order valence-corrected chi connectivity index (χ0v) is 20.2. The van der Waals surface area contributed by atoms with Gasteiger partial charge in [-0.1, -0.05) is 42.5 Å². The number of benzene rings is 3. The third kappa shape index (κ3) is 5.21. The molecule has 4 aromatic rings. The van der Waals surface area contributed by atoms with Gasteiger partial charge in [-0.2, -0.15) is 0 Å². The number of fused-ring (bicyclic) bond motifs is 1. The summed E-state index contributed by atoms with van der Waals surface area (Å²) in [6.07, 6.45) is 0. The monoisotopic (exact) mass is 473 g/mol. The predicted molar refractivity (Wildman–Crippen MR) is 141 cm³/mol. The molecule has 1 heterocycles. The smallest absolute Gasteiger partial charge is 0.253 e. The summed E-state index contributed by atoms with van der Waals surface area (Å²) < 4.78 is 10.7. The number of methoxy groups -OCH3 is 2. The summed E-state index contributed by atoms with van der Waals surface area (Å²) in [4.78, 5) is 18.0. The summed E-state index contributed by atoms with van der Waals surface area (Å²) in [6, 6.07) is 23.3. The quantitative estimate of drug-likeness (QED) is 0.357. The molecule has 7 heteroatoms. The van der Waals surface area contributed by atoms with Gasteiger partial charge in [-0.05, 0) is 66.0 Å². The molecular weight excluding hydrogens is 446 g/mol. The molecule has 0 aliphatic rings. The van der Waals surface area contributed by atoms with E-state index < -0.39 is 0 Å². The number of nitrogens with zero attached hydrogens (tertiary/aromatic N) is 1. The molecule has 0 spiro atoms. The highest BCUT2D eigenvalue weighted by Crippen LogP contribution is 2.24. The van der Waals surface area contributed by atoms with Crippen LogP contribution in [0.1, 0.15) is 16.7 Å². The molecule has 174 valence electrons. The maximum absolute atomic E-state index is 13.0. The maximum Gasteiger partial charge on any atom is 0.253 e. The van der Waals surface area contributed by atoms with Gasteiger partial charge >= 0.3 is 0 Å². The Labute approximate surface area is 204 Å². The van der Waals surface area contributed by atoms with Crippen LogP contribution in [0.3, 0.4) is 0 Å². The summed E-state index contributed by atoms with van der Waals surface area (Å²) >= 11 is 5.79. The molecule has 0 amide bonds. The lowest BCUT2D eigenvalue weighted by Gasteiger charge is -2.26. The van der Waals surface area contributed by atoms with E-state index in [1.165, 1.54) is 0 Å². The minimum Gasteiger partial charge on any atom is -0.497 e. The number of hydrogen-bond acceptors (Lipinski definition) is 4. The number of aromatic nitrogens is 1. The van der Waals surface area contributed by atoms with Crippen molar-refractivity contribution in [3.63, 3.8) is 0 Å². The van der Waals surface area contributed by atoms with Crippen LogP contribution in [0.25, 0.3) is 10.9 Å². The zero-order valence-electron chi connectivity index (χ0n) is 19.4. The van der Waals surface area contributed by atoms with Crippen LogP contribution in [0.2, 0.25) is 0 Å². The van der Waals surface area contributed by atoms with Crippen molar-refractivity contribution >= 4 is 33.9 Å². The van der Waals surface area contributed by atoms with Crippen molar-refractivity contribution in [2.45, 2.75) is 20.0 Å². The lowest BCUT2D eigenvalue weighted by atomic mass is 10.1. The van der Waals surface area contributed by atoms with Gasteiger partial charge in [0.15, 0.2) is 5.11 Å². The fraction of sp³-hybridized carbons (Fsp3) is 0.185. The van der Waals surface area contributed by atoms with Gasteiger partial charge in [0.2, 0.25) is 0 Å². The lowest BCUT2D eigenvalue weighted by Crippen LogP contribution is -2.35. The molecule has 6 nitrogen and oxygen atoms in total. The molecule has 0 atom stereocenters. The van der Waals surface area contributed by atoms with Crippen LogP contribution in [0.4, 0.5) is 5.69 Å². The Kier molecular flexibility index (Phi) is 7.13. The van der Waals surface area contributed by atoms with Crippen LogP contribution in [0.15, 0.2) is 77.6 Å². The van der Waals surface area contributed by atoms with Crippen molar-refractivity contribution in [1.82, 2.24) is 9.88 Å². The normalized spacial score (nSPS) is 10.7. The molecule has 0 radical (unpaired) electrons. The second-order valence-electron chi connectivity index (χ2n) is 8.00. The van der Waals surface area contributed by atoms with Crippen molar-refractivity contribution in [2.75, 3.05) is 19.5 Å². The molecule has 0 bridgehead atoms. The molecule has 0 saturated carbocycles. The van der Waals surface area contributed by atoms with Crippen LogP contribution in [-0.2, 0) is 13.1 Å². The van der Waals surface area contributed by atoms with Crippen molar-refractivity contribution in [3.05, 3.63) is 99.8 Å². The topological polar surface area (TPSA) is 66.6 Å². The second-order valence-corrected chi connectivity index (χ2v) is 8.38. The van der Waals surface area contributed by atoms with E-state index >= 15 is 0 Å². The van der Waals surface area contributed by atoms with E-state index in [1.54, 1.807) is 14.2 Å². The summed E-state index contributed by atoms with van der Waals surface area (Å²) in [5, 5.41) is 4.76. The molecule has 0 fully saturated rings. The first kappa shape index (κ1) is 23.3. The number of hydrogen-bond donors (Lipinski definition) is 2. The van der Waals surface area contributed by atoms with Gasteiger partial charge in [-0.15, -0.1) is 0 Å². The Bertz CT molecular complexity index is 1370. The van der Waals surface area contributed by atoms with Gasteiger partial charge in [-0.3, -0.25) is 4.79 Å². The van der Waals surface area contributed by atoms with E-state index in [1.807, 2.05) is 84.6 Å². The molecule has 0 aliphatic heterocycles. The maximum atomic E-state index is 13.0. The van der Waals surface area contributed by atoms with E-state index in [9.17, 15) is 4.79 Å². The van der Waals surface area contributed by atoms with E-state index in [4.69, 9.17) is 21.7 Å². The van der Waals surface area contributed by atoms with Gasteiger partial charge in [-0.25, -0.2) is 0 Å². The van der Waals surface area contributed by atoms with Crippen LogP contribution in [-0.4, -0.2) is 29.2 Å². The second kappa shape index (κ2) is 10.4. The highest BCUT2D eigenvalue weighted by Gasteiger charge is 2.16. The molecule has 2 N–H and O–H groups in total. The Morgan fingerprint density at radius 3 is 2.47 bits per heavy atom. The van der Waals surface area contributed by atoms with Crippen LogP contribution in [0, 0.1) is 6.92 Å². The molecule has 0 saturated heterocycles. The number of nitrogens with one attached hydrogen (secondary N) is 2. The van der Waals surface area contributed by atoms with Crippen LogP contribution < -0.4 is 20.3 Å². The molecule has 0 unspecified atom stereocenters. The van der Waals surface area contributed by atoms with E-state index in [0.717, 1.165) is 33.5 Å². The fourth-order valence-electron chi connectivity index (χ4n) is 3.84. The van der Waals surface area contributed by atoms with Gasteiger partial charge in [0.05, 0.1) is 32.0 Å². The van der Waals surface area contributed by atoms with Gasteiger partial charge in [0.1, 0.15) is 11.5 Å². The minimum absolute atomic E-state index is 0.123. The number of ether oxygens (including phenoxy) is 2. The standard InChI is InChI=1S/C27H27N3O3S/c1-18-7-6-8-20-15-21(26(31)29-25(18)20)17-30(16-19-11-13-22(32-2)14-12-19)27(34)28-23-9-4-5-10-24(23)33-3/h4-15H,16-17H2,1-3H3,(H,28,34)(H,29,31). The minimum atomic E-state index is -0.123. The van der Waals surface area contributed by atoms with E-state index in [-0.39, 0.29) is 5.56 Å². The van der Waals surface area contributed by atoms with E-state index in [0.29, 0.717) is 29.5 Å². The fourth-order valence-corrected chi connectivity index (χ4v) is 4.08. The number of aryl methyl sites for hydroxylation is 1. The van der Waals surface area contributed by atoms with Crippen molar-refractivity contribution in [3.8, 4) is 11.5 Å². The number of anilines is 1. The number of thiocarbonyl (C=S) groups is 1. The summed E-state index contributed by atoms with van der Waals surface area (Å²) in [5.41, 5.74) is 4.20. The highest BCUT2D eigenvalue weighted by molar-refractivity contribution is 7.80. The number of rotatable bonds is 7. The lowest BCUT2D eigenvalue weighted by molar-refractivity contribution is 0.404. The average molecular weight is 474 g/mol. The Morgan fingerprint density at radius 1 is 0.971 bits per heavy atom. The Hall–Kier alpha value is -3.84. The summed E-state index contributed by atoms with van der Waals surface area (Å²) in [6.45, 7) is 2.84. The third-order valence-corrected chi connectivity index (χ3v) is 6.05. The van der Waals surface area contributed by atoms with Crippen LogP contribution >= 0.6 is 12.2 Å². The molecule has 1 aromatic heterocycles. The Balaban J connectivity index is 1.66. The number of H-pyrrole nitrogens is 1. The first-order chi connectivity index (χ1) is 16.5. The predicted octanol–water partition coefficient (Wildman–Crippen LogP) is 5.25. The van der Waals surface area contributed by atoms with E-state index in [2.05, 4.69) is 10.3 Å². The molecule has 3 aromatic carbocycles. The third-order valence-electron chi connectivity index (χ3n) is 5.69. The first-order valence-electron chi connectivity index (χ1n) is 10.9. The zero-order chi connectivity index (χ0) is 24.1. The largest absolute Gasteiger partial charge is 0.497 e. The van der Waals surface area contributed by atoms with Gasteiger partial charge < -0.3 is 24.7 Å². The van der Waals surface area contributed by atoms with Gasteiger partial charge in [0, 0.05) is 12.1 Å². The van der Waals surface area contributed by atoms with Crippen molar-refractivity contribution in [1.29, 1.82) is 0 Å². The molecule has 34 heavy (non-hydrogen) atoms. The van der Waals surface area contributed by atoms with Gasteiger partial charge in [0.25, 0.3) is 5.56 Å². The molecule has 4 rings (SSSR count). The first-order valence-corrected chi connectivity index (χ1v) is 11.3. The highest BCUT2D eigenvalue weighted by atomic mass is 32.1. The van der Waals surface area contributed by atoms with Crippen molar-refractivity contribution < 1.29 is 9.47 Å².